The predicted octanol–water partition coefficient (Wildman–Crippen LogP) is 6.29. The molecule has 1 atom stereocenters. The Morgan fingerprint density at radius 2 is 1.73 bits per heavy atom. The molecule has 9 heteroatoms. The SMILES string of the molecule is CCOC(=O)C1=C(c2ccccc2)N=c2s/c(=C\c3ccc(OCc4ccccc4)c(Br)c3)c(=O)n2[C@H]1c1cccc(OC)c1. The molecule has 0 unspecified atom stereocenters. The van der Waals surface area contributed by atoms with Crippen LogP contribution in [0, 0.1) is 0 Å². The lowest BCUT2D eigenvalue weighted by Gasteiger charge is -2.26. The maximum atomic E-state index is 14.2. The zero-order valence-electron chi connectivity index (χ0n) is 24.6. The lowest BCUT2D eigenvalue weighted by molar-refractivity contribution is -0.138. The van der Waals surface area contributed by atoms with Crippen LogP contribution in [-0.4, -0.2) is 24.3 Å². The molecule has 0 saturated heterocycles. The van der Waals surface area contributed by atoms with E-state index in [9.17, 15) is 9.59 Å². The maximum Gasteiger partial charge on any atom is 0.338 e. The Morgan fingerprint density at radius 1 is 0.978 bits per heavy atom. The van der Waals surface area contributed by atoms with Crippen LogP contribution in [0.5, 0.6) is 11.5 Å². The highest BCUT2D eigenvalue weighted by Crippen LogP contribution is 2.36. The first-order chi connectivity index (χ1) is 22.0. The lowest BCUT2D eigenvalue weighted by Crippen LogP contribution is -2.40. The first-order valence-corrected chi connectivity index (χ1v) is 16.0. The molecule has 0 radical (unpaired) electrons. The van der Waals surface area contributed by atoms with Crippen molar-refractivity contribution in [3.63, 3.8) is 0 Å². The Bertz CT molecular complexity index is 2070. The highest BCUT2D eigenvalue weighted by Gasteiger charge is 2.35. The van der Waals surface area contributed by atoms with Crippen molar-refractivity contribution in [2.24, 2.45) is 4.99 Å². The van der Waals surface area contributed by atoms with Gasteiger partial charge < -0.3 is 14.2 Å². The van der Waals surface area contributed by atoms with Gasteiger partial charge in [-0.25, -0.2) is 9.79 Å². The smallest absolute Gasteiger partial charge is 0.338 e. The molecule has 7 nitrogen and oxygen atoms in total. The fourth-order valence-electron chi connectivity index (χ4n) is 5.18. The number of halogens is 1. The monoisotopic (exact) mass is 680 g/mol. The number of fused-ring (bicyclic) bond motifs is 1. The van der Waals surface area contributed by atoms with Gasteiger partial charge in [-0.3, -0.25) is 9.36 Å². The van der Waals surface area contributed by atoms with Crippen LogP contribution >= 0.6 is 27.3 Å². The first-order valence-electron chi connectivity index (χ1n) is 14.4. The molecule has 0 spiro atoms. The number of carbonyl (C=O) groups excluding carboxylic acids is 1. The van der Waals surface area contributed by atoms with Gasteiger partial charge >= 0.3 is 5.97 Å². The van der Waals surface area contributed by atoms with Gasteiger partial charge in [0.2, 0.25) is 0 Å². The van der Waals surface area contributed by atoms with Crippen molar-refractivity contribution >= 4 is 45.0 Å². The fourth-order valence-corrected chi connectivity index (χ4v) is 6.69. The van der Waals surface area contributed by atoms with Crippen LogP contribution in [0.4, 0.5) is 0 Å². The number of ether oxygens (including phenoxy) is 3. The number of benzene rings is 4. The number of thiazole rings is 1. The minimum atomic E-state index is -0.784. The van der Waals surface area contributed by atoms with Crippen LogP contribution in [0.15, 0.2) is 123 Å². The molecule has 0 saturated carbocycles. The van der Waals surface area contributed by atoms with E-state index in [0.29, 0.717) is 38.7 Å². The molecular formula is C36H29BrN2O5S. The van der Waals surface area contributed by atoms with Gasteiger partial charge in [-0.1, -0.05) is 90.2 Å². The van der Waals surface area contributed by atoms with Gasteiger partial charge in [-0.05, 0) is 69.9 Å². The zero-order chi connectivity index (χ0) is 31.3. The summed E-state index contributed by atoms with van der Waals surface area (Å²) >= 11 is 4.89. The van der Waals surface area contributed by atoms with E-state index in [1.807, 2.05) is 109 Å². The molecule has 45 heavy (non-hydrogen) atoms. The third-order valence-corrected chi connectivity index (χ3v) is 8.88. The Balaban J connectivity index is 1.48. The highest BCUT2D eigenvalue weighted by molar-refractivity contribution is 9.10. The standard InChI is InChI=1S/C36H29BrN2O5S/c1-3-43-35(41)31-32(25-13-8-5-9-14-25)38-36-39(33(31)26-15-10-16-27(21-26)42-2)34(40)30(45-36)20-24-17-18-29(28(37)19-24)44-22-23-11-6-4-7-12-23/h4-21,33H,3,22H2,1-2H3/b30-20-/t33-/m0/s1. The van der Waals surface area contributed by atoms with Crippen molar-refractivity contribution in [2.75, 3.05) is 13.7 Å². The minimum Gasteiger partial charge on any atom is -0.497 e. The van der Waals surface area contributed by atoms with E-state index in [-0.39, 0.29) is 17.7 Å². The van der Waals surface area contributed by atoms with Crippen LogP contribution in [0.3, 0.4) is 0 Å². The zero-order valence-corrected chi connectivity index (χ0v) is 27.0. The van der Waals surface area contributed by atoms with Gasteiger partial charge in [0.25, 0.3) is 5.56 Å². The van der Waals surface area contributed by atoms with Crippen molar-refractivity contribution in [1.29, 1.82) is 0 Å². The Kier molecular flexibility index (Phi) is 9.09. The summed E-state index contributed by atoms with van der Waals surface area (Å²) in [7, 11) is 1.58. The number of methoxy groups -OCH3 is 1. The average molecular weight is 682 g/mol. The van der Waals surface area contributed by atoms with Gasteiger partial charge in [0.1, 0.15) is 18.1 Å². The van der Waals surface area contributed by atoms with E-state index in [4.69, 9.17) is 19.2 Å². The Morgan fingerprint density at radius 3 is 2.44 bits per heavy atom. The molecule has 5 aromatic rings. The van der Waals surface area contributed by atoms with Gasteiger partial charge in [0.15, 0.2) is 4.80 Å². The molecule has 1 aromatic heterocycles. The second-order valence-electron chi connectivity index (χ2n) is 10.2. The quantitative estimate of drug-likeness (QED) is 0.171. The van der Waals surface area contributed by atoms with Crippen molar-refractivity contribution in [1.82, 2.24) is 4.57 Å². The molecule has 0 N–H and O–H groups in total. The second-order valence-corrected chi connectivity index (χ2v) is 12.0. The molecule has 6 rings (SSSR count). The summed E-state index contributed by atoms with van der Waals surface area (Å²) in [5.74, 6) is 0.773. The summed E-state index contributed by atoms with van der Waals surface area (Å²) in [6.07, 6.45) is 1.83. The number of hydrogen-bond donors (Lipinski definition) is 0. The summed E-state index contributed by atoms with van der Waals surface area (Å²) in [6.45, 7) is 2.38. The van der Waals surface area contributed by atoms with Crippen LogP contribution in [0.1, 0.15) is 35.2 Å². The number of esters is 1. The molecule has 0 fully saturated rings. The van der Waals surface area contributed by atoms with Crippen molar-refractivity contribution < 1.29 is 19.0 Å². The molecule has 0 bridgehead atoms. The van der Waals surface area contributed by atoms with Crippen LogP contribution < -0.4 is 24.4 Å². The number of rotatable bonds is 9. The summed E-state index contributed by atoms with van der Waals surface area (Å²) in [5, 5.41) is 0. The summed E-state index contributed by atoms with van der Waals surface area (Å²) in [6, 6.07) is 31.7. The number of nitrogens with zero attached hydrogens (tertiary/aromatic N) is 2. The van der Waals surface area contributed by atoms with Gasteiger partial charge in [0.05, 0.1) is 40.0 Å². The van der Waals surface area contributed by atoms with Gasteiger partial charge in [0, 0.05) is 5.56 Å². The summed E-state index contributed by atoms with van der Waals surface area (Å²) < 4.78 is 19.9. The summed E-state index contributed by atoms with van der Waals surface area (Å²) in [5.41, 5.74) is 3.83. The van der Waals surface area contributed by atoms with E-state index in [0.717, 1.165) is 21.2 Å². The second kappa shape index (κ2) is 13.5. The van der Waals surface area contributed by atoms with Gasteiger partial charge in [-0.2, -0.15) is 0 Å². The van der Waals surface area contributed by atoms with E-state index in [1.54, 1.807) is 18.6 Å². The molecule has 1 aliphatic rings. The van der Waals surface area contributed by atoms with E-state index < -0.39 is 12.0 Å². The highest BCUT2D eigenvalue weighted by atomic mass is 79.9. The van der Waals surface area contributed by atoms with Crippen molar-refractivity contribution in [3.8, 4) is 11.5 Å². The topological polar surface area (TPSA) is 79.1 Å². The first kappa shape index (κ1) is 30.3. The fraction of sp³-hybridized carbons (Fsp3) is 0.139. The molecule has 0 amide bonds. The summed E-state index contributed by atoms with van der Waals surface area (Å²) in [4.78, 5) is 33.2. The third kappa shape index (κ3) is 6.41. The lowest BCUT2D eigenvalue weighted by atomic mass is 9.93. The van der Waals surface area contributed by atoms with Crippen LogP contribution in [-0.2, 0) is 16.1 Å². The normalized spacial score (nSPS) is 14.5. The van der Waals surface area contributed by atoms with Crippen molar-refractivity contribution in [3.05, 3.63) is 155 Å². The average Bonchev–Trinajstić information content (AvgIpc) is 3.38. The predicted molar refractivity (Wildman–Crippen MR) is 179 cm³/mol. The minimum absolute atomic E-state index is 0.180. The maximum absolute atomic E-state index is 14.2. The van der Waals surface area contributed by atoms with Crippen molar-refractivity contribution in [2.45, 2.75) is 19.6 Å². The van der Waals surface area contributed by atoms with E-state index in [1.165, 1.54) is 11.3 Å². The molecule has 4 aromatic carbocycles. The molecule has 1 aliphatic heterocycles. The Labute approximate surface area is 272 Å². The third-order valence-electron chi connectivity index (χ3n) is 7.27. The van der Waals surface area contributed by atoms with Crippen LogP contribution in [0.2, 0.25) is 0 Å². The Hall–Kier alpha value is -4.73. The largest absolute Gasteiger partial charge is 0.497 e. The molecule has 0 aliphatic carbocycles. The van der Waals surface area contributed by atoms with E-state index in [2.05, 4.69) is 15.9 Å². The number of carbonyl (C=O) groups is 1. The number of aromatic nitrogens is 1. The molecule has 2 heterocycles. The number of hydrogen-bond acceptors (Lipinski definition) is 7. The molecular weight excluding hydrogens is 652 g/mol. The van der Waals surface area contributed by atoms with Gasteiger partial charge in [-0.15, -0.1) is 0 Å². The van der Waals surface area contributed by atoms with Crippen LogP contribution in [0.25, 0.3) is 11.8 Å². The molecule has 226 valence electrons. The van der Waals surface area contributed by atoms with E-state index >= 15 is 0 Å².